The number of ether oxygens (including phenoxy) is 1. The minimum Gasteiger partial charge on any atom is -0.497 e. The zero-order valence-electron chi connectivity index (χ0n) is 16.1. The second-order valence-corrected chi connectivity index (χ2v) is 6.81. The highest BCUT2D eigenvalue weighted by molar-refractivity contribution is 14.0. The van der Waals surface area contributed by atoms with Crippen LogP contribution in [0.1, 0.15) is 25.8 Å². The number of likely N-dealkylation sites (tertiary alicyclic amines) is 1. The molecule has 2 rings (SSSR count). The lowest BCUT2D eigenvalue weighted by molar-refractivity contribution is 0.343. The predicted octanol–water partition coefficient (Wildman–Crippen LogP) is 3.41. The van der Waals surface area contributed by atoms with E-state index in [2.05, 4.69) is 29.4 Å². The van der Waals surface area contributed by atoms with Gasteiger partial charge >= 0.3 is 0 Å². The Labute approximate surface area is 179 Å². The summed E-state index contributed by atoms with van der Waals surface area (Å²) >= 11 is 6.30. The van der Waals surface area contributed by atoms with Gasteiger partial charge in [-0.3, -0.25) is 4.99 Å². The normalized spacial score (nSPS) is 17.7. The fourth-order valence-corrected chi connectivity index (χ4v) is 3.35. The van der Waals surface area contributed by atoms with Gasteiger partial charge in [0.05, 0.1) is 7.11 Å². The van der Waals surface area contributed by atoms with E-state index in [-0.39, 0.29) is 24.0 Å². The standard InChI is InChI=1S/C19H31ClN4O.HI/c1-4-21-19(23-13-15-9-11-24(5-2)14-15)22-10-8-16-6-7-17(25-3)12-18(16)20;/h6-7,12,15H,4-5,8-11,13-14H2,1-3H3,(H2,21,22,23);1H. The number of benzene rings is 1. The van der Waals surface area contributed by atoms with Crippen molar-refractivity contribution in [1.82, 2.24) is 15.5 Å². The summed E-state index contributed by atoms with van der Waals surface area (Å²) < 4.78 is 5.19. The average Bonchev–Trinajstić information content (AvgIpc) is 3.09. The summed E-state index contributed by atoms with van der Waals surface area (Å²) in [5.74, 6) is 2.35. The largest absolute Gasteiger partial charge is 0.497 e. The fraction of sp³-hybridized carbons (Fsp3) is 0.632. The summed E-state index contributed by atoms with van der Waals surface area (Å²) in [6.45, 7) is 10.4. The third kappa shape index (κ3) is 7.48. The Kier molecular flexibility index (Phi) is 11.3. The van der Waals surface area contributed by atoms with Crippen LogP contribution in [0.5, 0.6) is 5.75 Å². The van der Waals surface area contributed by atoms with Crippen LogP contribution in [0, 0.1) is 5.92 Å². The molecule has 1 unspecified atom stereocenters. The van der Waals surface area contributed by atoms with Crippen molar-refractivity contribution in [1.29, 1.82) is 0 Å². The van der Waals surface area contributed by atoms with Gasteiger partial charge in [0.1, 0.15) is 5.75 Å². The first-order valence-electron chi connectivity index (χ1n) is 9.23. The number of hydrogen-bond donors (Lipinski definition) is 2. The van der Waals surface area contributed by atoms with E-state index in [1.54, 1.807) is 7.11 Å². The van der Waals surface area contributed by atoms with Crippen molar-refractivity contribution in [2.75, 3.05) is 46.4 Å². The van der Waals surface area contributed by atoms with Crippen LogP contribution in [0.3, 0.4) is 0 Å². The van der Waals surface area contributed by atoms with Gasteiger partial charge in [-0.05, 0) is 56.5 Å². The van der Waals surface area contributed by atoms with E-state index in [0.717, 1.165) is 54.9 Å². The minimum atomic E-state index is 0. The molecule has 5 nitrogen and oxygen atoms in total. The lowest BCUT2D eigenvalue weighted by Crippen LogP contribution is -2.38. The van der Waals surface area contributed by atoms with Crippen molar-refractivity contribution in [3.8, 4) is 5.75 Å². The number of hydrogen-bond acceptors (Lipinski definition) is 3. The average molecular weight is 495 g/mol. The number of nitrogens with zero attached hydrogens (tertiary/aromatic N) is 2. The van der Waals surface area contributed by atoms with Crippen LogP contribution < -0.4 is 15.4 Å². The van der Waals surface area contributed by atoms with Gasteiger partial charge in [0, 0.05) is 31.2 Å². The van der Waals surface area contributed by atoms with Gasteiger partial charge in [-0.15, -0.1) is 24.0 Å². The van der Waals surface area contributed by atoms with Crippen LogP contribution >= 0.6 is 35.6 Å². The molecule has 0 saturated carbocycles. The first kappa shape index (κ1) is 23.3. The van der Waals surface area contributed by atoms with E-state index in [4.69, 9.17) is 21.3 Å². The first-order valence-corrected chi connectivity index (χ1v) is 9.61. The highest BCUT2D eigenvalue weighted by atomic mass is 127. The molecule has 0 aliphatic carbocycles. The van der Waals surface area contributed by atoms with Gasteiger partial charge in [-0.25, -0.2) is 0 Å². The van der Waals surface area contributed by atoms with Crippen molar-refractivity contribution >= 4 is 41.5 Å². The summed E-state index contributed by atoms with van der Waals surface area (Å²) in [5.41, 5.74) is 1.11. The van der Waals surface area contributed by atoms with Gasteiger partial charge in [0.25, 0.3) is 0 Å². The molecule has 7 heteroatoms. The van der Waals surface area contributed by atoms with Crippen LogP contribution in [0.2, 0.25) is 5.02 Å². The van der Waals surface area contributed by atoms with Crippen molar-refractivity contribution in [3.05, 3.63) is 28.8 Å². The molecular formula is C19H32ClIN4O. The van der Waals surface area contributed by atoms with Crippen molar-refractivity contribution in [2.24, 2.45) is 10.9 Å². The number of guanidine groups is 1. The molecule has 1 aliphatic heterocycles. The van der Waals surface area contributed by atoms with Gasteiger partial charge in [-0.1, -0.05) is 24.6 Å². The second kappa shape index (κ2) is 12.6. The maximum Gasteiger partial charge on any atom is 0.191 e. The van der Waals surface area contributed by atoms with Crippen LogP contribution in [0.15, 0.2) is 23.2 Å². The quantitative estimate of drug-likeness (QED) is 0.330. The monoisotopic (exact) mass is 494 g/mol. The number of halogens is 2. The SMILES string of the molecule is CCNC(=NCC1CCN(CC)C1)NCCc1ccc(OC)cc1Cl.I. The van der Waals surface area contributed by atoms with E-state index >= 15 is 0 Å². The number of aliphatic imine (C=N–C) groups is 1. The van der Waals surface area contributed by atoms with Gasteiger partial charge < -0.3 is 20.3 Å². The molecule has 1 heterocycles. The van der Waals surface area contributed by atoms with E-state index in [9.17, 15) is 0 Å². The van der Waals surface area contributed by atoms with Crippen molar-refractivity contribution in [2.45, 2.75) is 26.7 Å². The molecule has 0 radical (unpaired) electrons. The highest BCUT2D eigenvalue weighted by Crippen LogP contribution is 2.22. The Morgan fingerprint density at radius 1 is 1.35 bits per heavy atom. The lowest BCUT2D eigenvalue weighted by Gasteiger charge is -2.14. The molecule has 0 amide bonds. The first-order chi connectivity index (χ1) is 12.2. The van der Waals surface area contributed by atoms with Crippen LogP contribution in [-0.2, 0) is 6.42 Å². The molecule has 1 aromatic carbocycles. The summed E-state index contributed by atoms with van der Waals surface area (Å²) in [7, 11) is 1.65. The van der Waals surface area contributed by atoms with Gasteiger partial charge in [-0.2, -0.15) is 0 Å². The number of rotatable bonds is 8. The lowest BCUT2D eigenvalue weighted by atomic mass is 10.1. The van der Waals surface area contributed by atoms with E-state index in [1.807, 2.05) is 18.2 Å². The zero-order chi connectivity index (χ0) is 18.1. The van der Waals surface area contributed by atoms with E-state index in [0.29, 0.717) is 5.92 Å². The maximum absolute atomic E-state index is 6.30. The van der Waals surface area contributed by atoms with E-state index < -0.39 is 0 Å². The zero-order valence-corrected chi connectivity index (χ0v) is 19.1. The van der Waals surface area contributed by atoms with Crippen molar-refractivity contribution < 1.29 is 4.74 Å². The molecule has 0 aromatic heterocycles. The molecule has 1 aliphatic rings. The molecule has 2 N–H and O–H groups in total. The summed E-state index contributed by atoms with van der Waals surface area (Å²) in [6, 6.07) is 5.82. The molecule has 26 heavy (non-hydrogen) atoms. The van der Waals surface area contributed by atoms with Crippen LogP contribution in [0.25, 0.3) is 0 Å². The Hall–Kier alpha value is -0.730. The highest BCUT2D eigenvalue weighted by Gasteiger charge is 2.20. The van der Waals surface area contributed by atoms with Crippen LogP contribution in [0.4, 0.5) is 0 Å². The van der Waals surface area contributed by atoms with Crippen LogP contribution in [-0.4, -0.2) is 57.2 Å². The Morgan fingerprint density at radius 3 is 2.77 bits per heavy atom. The fourth-order valence-electron chi connectivity index (χ4n) is 3.08. The topological polar surface area (TPSA) is 48.9 Å². The number of methoxy groups -OCH3 is 1. The third-order valence-corrected chi connectivity index (χ3v) is 4.97. The smallest absolute Gasteiger partial charge is 0.191 e. The van der Waals surface area contributed by atoms with Crippen molar-refractivity contribution in [3.63, 3.8) is 0 Å². The Balaban J connectivity index is 0.00000338. The summed E-state index contributed by atoms with van der Waals surface area (Å²) in [5, 5.41) is 7.48. The molecule has 1 atom stereocenters. The molecule has 1 fully saturated rings. The molecule has 148 valence electrons. The van der Waals surface area contributed by atoms with E-state index in [1.165, 1.54) is 19.5 Å². The maximum atomic E-state index is 6.30. The molecule has 0 bridgehead atoms. The molecular weight excluding hydrogens is 463 g/mol. The second-order valence-electron chi connectivity index (χ2n) is 6.40. The Bertz CT molecular complexity index is 570. The molecule has 1 aromatic rings. The van der Waals surface area contributed by atoms with Gasteiger partial charge in [0.2, 0.25) is 0 Å². The number of nitrogens with one attached hydrogen (secondary N) is 2. The summed E-state index contributed by atoms with van der Waals surface area (Å²) in [6.07, 6.45) is 2.10. The predicted molar refractivity (Wildman–Crippen MR) is 121 cm³/mol. The van der Waals surface area contributed by atoms with Gasteiger partial charge in [0.15, 0.2) is 5.96 Å². The molecule has 1 saturated heterocycles. The third-order valence-electron chi connectivity index (χ3n) is 4.62. The molecule has 0 spiro atoms. The summed E-state index contributed by atoms with van der Waals surface area (Å²) in [4.78, 5) is 7.25. The Morgan fingerprint density at radius 2 is 2.15 bits per heavy atom. The minimum absolute atomic E-state index is 0.